The Labute approximate surface area is 117 Å². The van der Waals surface area contributed by atoms with Crippen molar-refractivity contribution in [3.05, 3.63) is 24.3 Å². The van der Waals surface area contributed by atoms with Crippen molar-refractivity contribution < 1.29 is 19.4 Å². The summed E-state index contributed by atoms with van der Waals surface area (Å²) in [6.07, 6.45) is 2.15. The van der Waals surface area contributed by atoms with E-state index in [1.807, 2.05) is 0 Å². The zero-order valence-corrected chi connectivity index (χ0v) is 11.3. The van der Waals surface area contributed by atoms with Crippen molar-refractivity contribution >= 4 is 17.7 Å². The second-order valence-corrected chi connectivity index (χ2v) is 4.67. The van der Waals surface area contributed by atoms with E-state index in [9.17, 15) is 14.7 Å². The van der Waals surface area contributed by atoms with Crippen LogP contribution in [0.25, 0.3) is 0 Å². The first-order valence-electron chi connectivity index (χ1n) is 6.57. The average molecular weight is 278 g/mol. The lowest BCUT2D eigenvalue weighted by Crippen LogP contribution is -2.49. The maximum Gasteiger partial charge on any atom is 0.326 e. The van der Waals surface area contributed by atoms with Crippen LogP contribution in [0.2, 0.25) is 0 Å². The van der Waals surface area contributed by atoms with E-state index in [1.165, 1.54) is 12.0 Å². The van der Waals surface area contributed by atoms with E-state index in [4.69, 9.17) is 4.74 Å². The van der Waals surface area contributed by atoms with Gasteiger partial charge in [0.1, 0.15) is 11.8 Å². The number of methoxy groups -OCH3 is 1. The SMILES string of the molecule is COc1ccccc1NC(=O)N1CCCCC1C(=O)O. The predicted molar refractivity (Wildman–Crippen MR) is 74.0 cm³/mol. The number of likely N-dealkylation sites (tertiary alicyclic amines) is 1. The molecule has 1 unspecified atom stereocenters. The van der Waals surface area contributed by atoms with E-state index in [-0.39, 0.29) is 0 Å². The average Bonchev–Trinajstić information content (AvgIpc) is 2.47. The summed E-state index contributed by atoms with van der Waals surface area (Å²) in [6.45, 7) is 0.456. The fourth-order valence-electron chi connectivity index (χ4n) is 2.37. The van der Waals surface area contributed by atoms with Crippen molar-refractivity contribution in [2.24, 2.45) is 0 Å². The zero-order chi connectivity index (χ0) is 14.5. The number of rotatable bonds is 3. The summed E-state index contributed by atoms with van der Waals surface area (Å²) < 4.78 is 5.16. The number of aliphatic carboxylic acids is 1. The molecule has 1 saturated heterocycles. The molecule has 0 aliphatic carbocycles. The van der Waals surface area contributed by atoms with Gasteiger partial charge in [-0.3, -0.25) is 0 Å². The highest BCUT2D eigenvalue weighted by atomic mass is 16.5. The summed E-state index contributed by atoms with van der Waals surface area (Å²) in [4.78, 5) is 24.8. The topological polar surface area (TPSA) is 78.9 Å². The van der Waals surface area contributed by atoms with Crippen LogP contribution in [0.15, 0.2) is 24.3 Å². The van der Waals surface area contributed by atoms with Gasteiger partial charge < -0.3 is 20.1 Å². The molecule has 1 aliphatic rings. The predicted octanol–water partition coefficient (Wildman–Crippen LogP) is 2.17. The number of hydrogen-bond acceptors (Lipinski definition) is 3. The van der Waals surface area contributed by atoms with E-state index in [0.29, 0.717) is 24.4 Å². The van der Waals surface area contributed by atoms with E-state index >= 15 is 0 Å². The van der Waals surface area contributed by atoms with Gasteiger partial charge in [0.2, 0.25) is 0 Å². The summed E-state index contributed by atoms with van der Waals surface area (Å²) in [5.74, 6) is -0.412. The van der Waals surface area contributed by atoms with Crippen LogP contribution in [0.5, 0.6) is 5.75 Å². The molecule has 1 fully saturated rings. The molecule has 2 N–H and O–H groups in total. The van der Waals surface area contributed by atoms with Gasteiger partial charge >= 0.3 is 12.0 Å². The van der Waals surface area contributed by atoms with E-state index in [1.54, 1.807) is 24.3 Å². The van der Waals surface area contributed by atoms with Gasteiger partial charge in [-0.05, 0) is 31.4 Å². The number of ether oxygens (including phenoxy) is 1. The quantitative estimate of drug-likeness (QED) is 0.888. The first-order chi connectivity index (χ1) is 9.63. The first kappa shape index (κ1) is 14.2. The van der Waals surface area contributed by atoms with Gasteiger partial charge in [-0.2, -0.15) is 0 Å². The minimum atomic E-state index is -0.958. The molecule has 20 heavy (non-hydrogen) atoms. The molecule has 1 aliphatic heterocycles. The van der Waals surface area contributed by atoms with Crippen LogP contribution < -0.4 is 10.1 Å². The van der Waals surface area contributed by atoms with Crippen molar-refractivity contribution in [3.8, 4) is 5.75 Å². The number of anilines is 1. The number of urea groups is 1. The third-order valence-corrected chi connectivity index (χ3v) is 3.40. The maximum absolute atomic E-state index is 12.2. The zero-order valence-electron chi connectivity index (χ0n) is 11.3. The number of carboxylic acid groups (broad SMARTS) is 1. The number of carboxylic acids is 1. The van der Waals surface area contributed by atoms with Crippen LogP contribution in [0, 0.1) is 0 Å². The van der Waals surface area contributed by atoms with Crippen molar-refractivity contribution in [1.82, 2.24) is 4.90 Å². The van der Waals surface area contributed by atoms with E-state index < -0.39 is 18.0 Å². The highest BCUT2D eigenvalue weighted by molar-refractivity contribution is 5.93. The molecule has 1 heterocycles. The Morgan fingerprint density at radius 2 is 2.10 bits per heavy atom. The number of amides is 2. The number of benzene rings is 1. The summed E-state index contributed by atoms with van der Waals surface area (Å²) in [5, 5.41) is 11.9. The van der Waals surface area contributed by atoms with Crippen LogP contribution in [0.1, 0.15) is 19.3 Å². The van der Waals surface area contributed by atoms with E-state index in [2.05, 4.69) is 5.32 Å². The molecular weight excluding hydrogens is 260 g/mol. The van der Waals surface area contributed by atoms with E-state index in [0.717, 1.165) is 12.8 Å². The van der Waals surface area contributed by atoms with Crippen molar-refractivity contribution in [2.75, 3.05) is 19.0 Å². The number of carbonyl (C=O) groups excluding carboxylic acids is 1. The molecule has 0 aromatic heterocycles. The lowest BCUT2D eigenvalue weighted by molar-refractivity contribution is -0.143. The van der Waals surface area contributed by atoms with Crippen LogP contribution >= 0.6 is 0 Å². The molecule has 0 spiro atoms. The molecule has 1 atom stereocenters. The molecule has 1 aromatic rings. The van der Waals surface area contributed by atoms with Gasteiger partial charge in [0, 0.05) is 6.54 Å². The minimum Gasteiger partial charge on any atom is -0.495 e. The number of nitrogens with one attached hydrogen (secondary N) is 1. The summed E-state index contributed by atoms with van der Waals surface area (Å²) >= 11 is 0. The second-order valence-electron chi connectivity index (χ2n) is 4.67. The smallest absolute Gasteiger partial charge is 0.326 e. The number of piperidine rings is 1. The normalized spacial score (nSPS) is 18.4. The Hall–Kier alpha value is -2.24. The summed E-state index contributed by atoms with van der Waals surface area (Å²) in [5.41, 5.74) is 0.537. The maximum atomic E-state index is 12.2. The Balaban J connectivity index is 2.12. The van der Waals surface area contributed by atoms with Crippen molar-refractivity contribution in [3.63, 3.8) is 0 Å². The molecule has 0 saturated carbocycles. The number of nitrogens with zero attached hydrogens (tertiary/aromatic N) is 1. The third-order valence-electron chi connectivity index (χ3n) is 3.40. The Morgan fingerprint density at radius 1 is 1.35 bits per heavy atom. The second kappa shape index (κ2) is 6.27. The monoisotopic (exact) mass is 278 g/mol. The Bertz CT molecular complexity index is 504. The third kappa shape index (κ3) is 3.01. The van der Waals surface area contributed by atoms with Crippen molar-refractivity contribution in [2.45, 2.75) is 25.3 Å². The highest BCUT2D eigenvalue weighted by Crippen LogP contribution is 2.25. The van der Waals surface area contributed by atoms with Crippen molar-refractivity contribution in [1.29, 1.82) is 0 Å². The summed E-state index contributed by atoms with van der Waals surface area (Å²) in [7, 11) is 1.52. The summed E-state index contributed by atoms with van der Waals surface area (Å²) in [6, 6.07) is 5.88. The fraction of sp³-hybridized carbons (Fsp3) is 0.429. The Kier molecular flexibility index (Phi) is 4.45. The fourth-order valence-corrected chi connectivity index (χ4v) is 2.37. The Morgan fingerprint density at radius 3 is 2.80 bits per heavy atom. The molecule has 6 nitrogen and oxygen atoms in total. The number of carbonyl (C=O) groups is 2. The van der Waals surface area contributed by atoms with Gasteiger partial charge in [-0.1, -0.05) is 12.1 Å². The largest absolute Gasteiger partial charge is 0.495 e. The number of para-hydroxylation sites is 2. The van der Waals surface area contributed by atoms with Gasteiger partial charge in [-0.25, -0.2) is 9.59 Å². The molecule has 2 amide bonds. The molecule has 0 radical (unpaired) electrons. The van der Waals surface area contributed by atoms with Gasteiger partial charge in [0.05, 0.1) is 12.8 Å². The molecule has 0 bridgehead atoms. The van der Waals surface area contributed by atoms with Crippen LogP contribution in [-0.4, -0.2) is 41.7 Å². The lowest BCUT2D eigenvalue weighted by atomic mass is 10.0. The van der Waals surface area contributed by atoms with Gasteiger partial charge in [0.25, 0.3) is 0 Å². The lowest BCUT2D eigenvalue weighted by Gasteiger charge is -2.33. The minimum absolute atomic E-state index is 0.401. The molecule has 2 rings (SSSR count). The highest BCUT2D eigenvalue weighted by Gasteiger charge is 2.32. The first-order valence-corrected chi connectivity index (χ1v) is 6.57. The molecule has 6 heteroatoms. The van der Waals surface area contributed by atoms with Crippen LogP contribution in [0.4, 0.5) is 10.5 Å². The van der Waals surface area contributed by atoms with Gasteiger partial charge in [-0.15, -0.1) is 0 Å². The van der Waals surface area contributed by atoms with Gasteiger partial charge in [0.15, 0.2) is 0 Å². The van der Waals surface area contributed by atoms with Crippen LogP contribution in [-0.2, 0) is 4.79 Å². The molecule has 108 valence electrons. The number of hydrogen-bond donors (Lipinski definition) is 2. The molecule has 1 aromatic carbocycles. The standard InChI is InChI=1S/C14H18N2O4/c1-20-12-8-3-2-6-10(12)15-14(19)16-9-5-4-7-11(16)13(17)18/h2-3,6,8,11H,4-5,7,9H2,1H3,(H,15,19)(H,17,18). The van der Waals surface area contributed by atoms with Crippen LogP contribution in [0.3, 0.4) is 0 Å². The molecular formula is C14H18N2O4.